The van der Waals surface area contributed by atoms with E-state index in [-0.39, 0.29) is 0 Å². The van der Waals surface area contributed by atoms with Gasteiger partial charge in [-0.15, -0.1) is 0 Å². The van der Waals surface area contributed by atoms with Gasteiger partial charge in [-0.1, -0.05) is 6.92 Å². The van der Waals surface area contributed by atoms with Crippen LogP contribution in [0.4, 0.5) is 0 Å². The molecule has 0 saturated heterocycles. The van der Waals surface area contributed by atoms with Gasteiger partial charge in [-0.2, -0.15) is 0 Å². The molecular formula is C16H34N2O2. The first-order chi connectivity index (χ1) is 9.77. The van der Waals surface area contributed by atoms with Crippen LogP contribution in [0.15, 0.2) is 0 Å². The van der Waals surface area contributed by atoms with E-state index in [0.29, 0.717) is 13.2 Å². The predicted molar refractivity (Wildman–Crippen MR) is 84.3 cm³/mol. The summed E-state index contributed by atoms with van der Waals surface area (Å²) in [6.45, 7) is 6.82. The second kappa shape index (κ2) is 11.5. The van der Waals surface area contributed by atoms with Crippen molar-refractivity contribution in [3.63, 3.8) is 0 Å². The number of hydrogen-bond donors (Lipinski definition) is 1. The van der Waals surface area contributed by atoms with Crippen molar-refractivity contribution >= 4 is 0 Å². The standard InChI is InChI=1S/C16H34N2O2/c1-4-10-17-15-6-8-16(9-7-15)18(2)11-5-12-20-14-13-19-3/h15-17H,4-14H2,1-3H3. The van der Waals surface area contributed by atoms with Crippen LogP contribution in [0.25, 0.3) is 0 Å². The second-order valence-electron chi connectivity index (χ2n) is 5.90. The Kier molecular flexibility index (Phi) is 10.3. The van der Waals surface area contributed by atoms with Gasteiger partial charge in [0.25, 0.3) is 0 Å². The molecule has 1 aliphatic rings. The zero-order chi connectivity index (χ0) is 14.6. The fourth-order valence-corrected chi connectivity index (χ4v) is 2.91. The molecule has 1 rings (SSSR count). The average Bonchev–Trinajstić information content (AvgIpc) is 2.49. The molecule has 0 aromatic carbocycles. The molecule has 0 radical (unpaired) electrons. The van der Waals surface area contributed by atoms with Crippen LogP contribution in [0, 0.1) is 0 Å². The third kappa shape index (κ3) is 7.58. The highest BCUT2D eigenvalue weighted by molar-refractivity contribution is 4.81. The quantitative estimate of drug-likeness (QED) is 0.591. The highest BCUT2D eigenvalue weighted by atomic mass is 16.5. The SMILES string of the molecule is CCCNC1CCC(N(C)CCCOCCOC)CC1. The van der Waals surface area contributed by atoms with Crippen molar-refractivity contribution in [2.45, 2.75) is 57.5 Å². The predicted octanol–water partition coefficient (Wildman–Crippen LogP) is 2.28. The minimum Gasteiger partial charge on any atom is -0.382 e. The third-order valence-corrected chi connectivity index (χ3v) is 4.23. The van der Waals surface area contributed by atoms with E-state index in [0.717, 1.165) is 31.7 Å². The minimum atomic E-state index is 0.699. The topological polar surface area (TPSA) is 33.7 Å². The number of hydrogen-bond acceptors (Lipinski definition) is 4. The normalized spacial score (nSPS) is 23.4. The highest BCUT2D eigenvalue weighted by Crippen LogP contribution is 2.22. The Morgan fingerprint density at radius 3 is 2.50 bits per heavy atom. The molecule has 4 nitrogen and oxygen atoms in total. The average molecular weight is 286 g/mol. The largest absolute Gasteiger partial charge is 0.382 e. The van der Waals surface area contributed by atoms with Crippen LogP contribution >= 0.6 is 0 Å². The molecule has 20 heavy (non-hydrogen) atoms. The molecule has 0 spiro atoms. The molecule has 120 valence electrons. The van der Waals surface area contributed by atoms with E-state index >= 15 is 0 Å². The molecule has 0 bridgehead atoms. The van der Waals surface area contributed by atoms with Crippen LogP contribution < -0.4 is 5.32 Å². The van der Waals surface area contributed by atoms with Gasteiger partial charge in [0.1, 0.15) is 0 Å². The van der Waals surface area contributed by atoms with Gasteiger partial charge >= 0.3 is 0 Å². The Morgan fingerprint density at radius 2 is 1.85 bits per heavy atom. The molecule has 0 aliphatic heterocycles. The van der Waals surface area contributed by atoms with E-state index in [1.165, 1.54) is 38.6 Å². The van der Waals surface area contributed by atoms with E-state index in [1.807, 2.05) is 0 Å². The maximum absolute atomic E-state index is 5.51. The van der Waals surface area contributed by atoms with Gasteiger partial charge in [0.15, 0.2) is 0 Å². The van der Waals surface area contributed by atoms with E-state index in [2.05, 4.69) is 24.2 Å². The summed E-state index contributed by atoms with van der Waals surface area (Å²) >= 11 is 0. The summed E-state index contributed by atoms with van der Waals surface area (Å²) in [5, 5.41) is 3.65. The van der Waals surface area contributed by atoms with Crippen molar-refractivity contribution in [2.75, 3.05) is 47.1 Å². The number of ether oxygens (including phenoxy) is 2. The molecule has 0 unspecified atom stereocenters. The van der Waals surface area contributed by atoms with E-state index in [9.17, 15) is 0 Å². The Bertz CT molecular complexity index is 219. The summed E-state index contributed by atoms with van der Waals surface area (Å²) < 4.78 is 10.5. The molecule has 0 atom stereocenters. The zero-order valence-corrected chi connectivity index (χ0v) is 13.7. The van der Waals surface area contributed by atoms with Crippen molar-refractivity contribution in [1.82, 2.24) is 10.2 Å². The Balaban J connectivity index is 2.02. The third-order valence-electron chi connectivity index (χ3n) is 4.23. The molecule has 0 heterocycles. The maximum atomic E-state index is 5.51. The molecule has 0 amide bonds. The molecule has 1 saturated carbocycles. The lowest BCUT2D eigenvalue weighted by Crippen LogP contribution is -2.41. The minimum absolute atomic E-state index is 0.699. The first-order valence-corrected chi connectivity index (χ1v) is 8.28. The van der Waals surface area contributed by atoms with Gasteiger partial charge < -0.3 is 19.7 Å². The van der Waals surface area contributed by atoms with E-state index < -0.39 is 0 Å². The summed E-state index contributed by atoms with van der Waals surface area (Å²) in [6.07, 6.45) is 7.70. The molecule has 0 aromatic heterocycles. The Morgan fingerprint density at radius 1 is 1.10 bits per heavy atom. The fourth-order valence-electron chi connectivity index (χ4n) is 2.91. The highest BCUT2D eigenvalue weighted by Gasteiger charge is 2.23. The van der Waals surface area contributed by atoms with E-state index in [1.54, 1.807) is 7.11 Å². The molecule has 4 heteroatoms. The zero-order valence-electron chi connectivity index (χ0n) is 13.7. The first-order valence-electron chi connectivity index (χ1n) is 8.28. The Hall–Kier alpha value is -0.160. The van der Waals surface area contributed by atoms with Crippen molar-refractivity contribution in [1.29, 1.82) is 0 Å². The summed E-state index contributed by atoms with van der Waals surface area (Å²) in [7, 11) is 3.97. The van der Waals surface area contributed by atoms with Gasteiger partial charge in [-0.05, 0) is 52.1 Å². The Labute approximate surface area is 125 Å². The molecule has 0 aromatic rings. The van der Waals surface area contributed by atoms with Crippen LogP contribution in [-0.4, -0.2) is 64.1 Å². The van der Waals surface area contributed by atoms with Gasteiger partial charge in [0.05, 0.1) is 13.2 Å². The van der Waals surface area contributed by atoms with Crippen LogP contribution in [0.3, 0.4) is 0 Å². The molecule has 1 fully saturated rings. The number of rotatable bonds is 11. The number of nitrogens with one attached hydrogen (secondary N) is 1. The van der Waals surface area contributed by atoms with Crippen molar-refractivity contribution in [3.8, 4) is 0 Å². The lowest BCUT2D eigenvalue weighted by molar-refractivity contribution is 0.0628. The molecule has 1 N–H and O–H groups in total. The lowest BCUT2D eigenvalue weighted by atomic mass is 9.90. The summed E-state index contributed by atoms with van der Waals surface area (Å²) in [5.41, 5.74) is 0. The second-order valence-corrected chi connectivity index (χ2v) is 5.90. The van der Waals surface area contributed by atoms with Gasteiger partial charge in [0, 0.05) is 32.3 Å². The van der Waals surface area contributed by atoms with Gasteiger partial charge in [0.2, 0.25) is 0 Å². The first kappa shape index (κ1) is 17.9. The van der Waals surface area contributed by atoms with Crippen LogP contribution in [0.1, 0.15) is 45.4 Å². The number of nitrogens with zero attached hydrogens (tertiary/aromatic N) is 1. The van der Waals surface area contributed by atoms with Crippen molar-refractivity contribution in [3.05, 3.63) is 0 Å². The van der Waals surface area contributed by atoms with Gasteiger partial charge in [-0.3, -0.25) is 0 Å². The monoisotopic (exact) mass is 286 g/mol. The summed E-state index contributed by atoms with van der Waals surface area (Å²) in [4.78, 5) is 2.52. The maximum Gasteiger partial charge on any atom is 0.0700 e. The number of methoxy groups -OCH3 is 1. The smallest absolute Gasteiger partial charge is 0.0700 e. The van der Waals surface area contributed by atoms with Gasteiger partial charge in [-0.25, -0.2) is 0 Å². The van der Waals surface area contributed by atoms with E-state index in [4.69, 9.17) is 9.47 Å². The summed E-state index contributed by atoms with van der Waals surface area (Å²) in [6, 6.07) is 1.53. The molecule has 1 aliphatic carbocycles. The van der Waals surface area contributed by atoms with Crippen molar-refractivity contribution in [2.24, 2.45) is 0 Å². The van der Waals surface area contributed by atoms with Crippen molar-refractivity contribution < 1.29 is 9.47 Å². The van der Waals surface area contributed by atoms with Crippen LogP contribution in [-0.2, 0) is 9.47 Å². The fraction of sp³-hybridized carbons (Fsp3) is 1.00. The summed E-state index contributed by atoms with van der Waals surface area (Å²) in [5.74, 6) is 0. The van der Waals surface area contributed by atoms with Crippen LogP contribution in [0.2, 0.25) is 0 Å². The lowest BCUT2D eigenvalue weighted by Gasteiger charge is -2.35. The molecular weight excluding hydrogens is 252 g/mol. The van der Waals surface area contributed by atoms with Crippen LogP contribution in [0.5, 0.6) is 0 Å².